The van der Waals surface area contributed by atoms with Crippen molar-refractivity contribution in [1.82, 2.24) is 41.8 Å². The van der Waals surface area contributed by atoms with Crippen LogP contribution in [0.4, 0.5) is 18.9 Å². The molecule has 23 nitrogen and oxygen atoms in total. The zero-order valence-corrected chi connectivity index (χ0v) is 47.4. The van der Waals surface area contributed by atoms with Crippen LogP contribution >= 0.6 is 0 Å². The van der Waals surface area contributed by atoms with Crippen molar-refractivity contribution in [3.05, 3.63) is 65.4 Å². The van der Waals surface area contributed by atoms with E-state index in [0.29, 0.717) is 54.6 Å². The first-order chi connectivity index (χ1) is 39.0. The molecule has 450 valence electrons. The fraction of sp³-hybridized carbons (Fsp3) is 0.571. The molecule has 1 aromatic heterocycles. The van der Waals surface area contributed by atoms with Crippen LogP contribution in [0.3, 0.4) is 0 Å². The van der Waals surface area contributed by atoms with E-state index in [1.54, 1.807) is 39.0 Å². The minimum Gasteiger partial charge on any atom is -0.484 e. The third-order valence-electron chi connectivity index (χ3n) is 12.4. The molecule has 26 heteroatoms. The highest BCUT2D eigenvalue weighted by molar-refractivity contribution is 6.07. The van der Waals surface area contributed by atoms with Crippen LogP contribution in [0.15, 0.2) is 48.7 Å². The summed E-state index contributed by atoms with van der Waals surface area (Å²) in [5, 5.41) is 25.8. The molecule has 0 unspecified atom stereocenters. The first-order valence-electron chi connectivity index (χ1n) is 27.2. The van der Waals surface area contributed by atoms with Crippen LogP contribution in [-0.4, -0.2) is 174 Å². The van der Waals surface area contributed by atoms with Gasteiger partial charge in [0, 0.05) is 82.5 Å². The van der Waals surface area contributed by atoms with Gasteiger partial charge in [0.15, 0.2) is 6.61 Å². The maximum absolute atomic E-state index is 13.8. The smallest absolute Gasteiger partial charge is 0.418 e. The monoisotopic (exact) mass is 1150 g/mol. The lowest BCUT2D eigenvalue weighted by Gasteiger charge is -2.26. The molecule has 1 aliphatic rings. The van der Waals surface area contributed by atoms with Crippen LogP contribution in [0.1, 0.15) is 112 Å². The number of nitriles is 1. The van der Waals surface area contributed by atoms with Crippen molar-refractivity contribution < 1.29 is 75.2 Å². The Kier molecular flexibility index (Phi) is 27.7. The van der Waals surface area contributed by atoms with E-state index in [1.807, 2.05) is 0 Å². The van der Waals surface area contributed by atoms with E-state index in [1.165, 1.54) is 55.2 Å². The predicted molar refractivity (Wildman–Crippen MR) is 294 cm³/mol. The van der Waals surface area contributed by atoms with Gasteiger partial charge in [-0.3, -0.25) is 38.5 Å². The van der Waals surface area contributed by atoms with Crippen LogP contribution in [0.5, 0.6) is 5.75 Å². The standard InChI is InChI=1S/C56H77F3N10O13/c1-37(70)61-21-9-8-14-45(54(77)82-55(2,3)4)67-53(76)44(13-7-10-22-64-51(74)38-15-18-47(68(5)6)43(32-38)56(57,58)59)66-48(71)20-26-78-28-30-80-31-29-79-27-24-63-49(72)36-81-40-16-17-41-42(19-23-62-46(41)33-40)52(75)65-35-50(73)69-25-11-12-39(69)34-60/h15-19,23,32-33,39,44-45H,7-14,20-22,24-31,35-36H2,1-6H3,(H,61,70)(H,63,72)(H,64,74)(H,65,75)(H,66,71)(H,67,76)/t39-,44-,45-/m0/s1. The molecular weight excluding hydrogens is 1080 g/mol. The topological polar surface area (TPSA) is 298 Å². The molecule has 6 N–H and O–H groups in total. The Labute approximate surface area is 475 Å². The Bertz CT molecular complexity index is 2680. The molecule has 0 saturated carbocycles. The quantitative estimate of drug-likeness (QED) is 0.0367. The van der Waals surface area contributed by atoms with Crippen molar-refractivity contribution in [2.75, 3.05) is 98.0 Å². The molecule has 1 fully saturated rings. The van der Waals surface area contributed by atoms with E-state index < -0.39 is 71.0 Å². The molecule has 3 aromatic rings. The Morgan fingerprint density at radius 1 is 0.768 bits per heavy atom. The van der Waals surface area contributed by atoms with E-state index in [2.05, 4.69) is 43.0 Å². The number of nitrogens with zero attached hydrogens (tertiary/aromatic N) is 4. The van der Waals surface area contributed by atoms with Gasteiger partial charge in [-0.25, -0.2) is 4.79 Å². The van der Waals surface area contributed by atoms with Gasteiger partial charge in [-0.05, 0) is 109 Å². The summed E-state index contributed by atoms with van der Waals surface area (Å²) >= 11 is 0. The molecule has 1 saturated heterocycles. The maximum Gasteiger partial charge on any atom is 0.418 e. The van der Waals surface area contributed by atoms with Crippen molar-refractivity contribution >= 4 is 63.9 Å². The van der Waals surface area contributed by atoms with E-state index in [4.69, 9.17) is 23.7 Å². The minimum atomic E-state index is -4.69. The molecule has 82 heavy (non-hydrogen) atoms. The van der Waals surface area contributed by atoms with Gasteiger partial charge in [0.1, 0.15) is 29.5 Å². The highest BCUT2D eigenvalue weighted by Gasteiger charge is 2.35. The van der Waals surface area contributed by atoms with E-state index in [9.17, 15) is 56.8 Å². The number of anilines is 1. The molecule has 0 aliphatic carbocycles. The second-order valence-corrected chi connectivity index (χ2v) is 20.4. The normalized spacial score (nSPS) is 14.0. The zero-order valence-electron chi connectivity index (χ0n) is 47.4. The second kappa shape index (κ2) is 34.0. The van der Waals surface area contributed by atoms with Crippen LogP contribution in [0.25, 0.3) is 10.9 Å². The summed E-state index contributed by atoms with van der Waals surface area (Å²) in [5.74, 6) is -3.67. The lowest BCUT2D eigenvalue weighted by atomic mass is 10.0. The number of esters is 1. The van der Waals surface area contributed by atoms with Crippen LogP contribution < -0.4 is 41.5 Å². The first kappa shape index (κ1) is 66.9. The Morgan fingerprint density at radius 2 is 1.44 bits per heavy atom. The predicted octanol–water partition coefficient (Wildman–Crippen LogP) is 3.72. The van der Waals surface area contributed by atoms with Crippen molar-refractivity contribution in [3.63, 3.8) is 0 Å². The van der Waals surface area contributed by atoms with Crippen LogP contribution in [0, 0.1) is 11.3 Å². The number of likely N-dealkylation sites (tertiary alicyclic amines) is 1. The number of pyridine rings is 1. The summed E-state index contributed by atoms with van der Waals surface area (Å²) in [7, 11) is 2.93. The number of hydrogen-bond donors (Lipinski definition) is 6. The summed E-state index contributed by atoms with van der Waals surface area (Å²) in [4.78, 5) is 110. The molecule has 7 amide bonds. The molecular formula is C56H77F3N10O13. The fourth-order valence-corrected chi connectivity index (χ4v) is 8.38. The molecule has 2 aromatic carbocycles. The van der Waals surface area contributed by atoms with Gasteiger partial charge in [0.2, 0.25) is 23.6 Å². The number of hydrogen-bond acceptors (Lipinski definition) is 16. The number of fused-ring (bicyclic) bond motifs is 1. The maximum atomic E-state index is 13.8. The van der Waals surface area contributed by atoms with Gasteiger partial charge in [-0.2, -0.15) is 18.4 Å². The third kappa shape index (κ3) is 23.8. The average Bonchev–Trinajstić information content (AvgIpc) is 3.94. The minimum absolute atomic E-state index is 0.0248. The number of carbonyl (C=O) groups excluding carboxylic acids is 8. The van der Waals surface area contributed by atoms with E-state index in [0.717, 1.165) is 12.5 Å². The second-order valence-electron chi connectivity index (χ2n) is 20.4. The summed E-state index contributed by atoms with van der Waals surface area (Å²) < 4.78 is 69.1. The van der Waals surface area contributed by atoms with Gasteiger partial charge < -0.3 is 65.4 Å². The third-order valence-corrected chi connectivity index (χ3v) is 12.4. The number of unbranched alkanes of at least 4 members (excludes halogenated alkanes) is 2. The average molecular weight is 1160 g/mol. The Morgan fingerprint density at radius 3 is 2.10 bits per heavy atom. The van der Waals surface area contributed by atoms with Crippen LogP contribution in [0.2, 0.25) is 0 Å². The summed E-state index contributed by atoms with van der Waals surface area (Å²) in [6, 6.07) is 9.06. The zero-order chi connectivity index (χ0) is 60.2. The van der Waals surface area contributed by atoms with Gasteiger partial charge >= 0.3 is 12.1 Å². The number of amides is 7. The van der Waals surface area contributed by atoms with Crippen molar-refractivity contribution in [2.45, 2.75) is 115 Å². The van der Waals surface area contributed by atoms with E-state index >= 15 is 0 Å². The van der Waals surface area contributed by atoms with Crippen LogP contribution in [-0.2, 0) is 53.9 Å². The largest absolute Gasteiger partial charge is 0.484 e. The molecule has 4 rings (SSSR count). The van der Waals surface area contributed by atoms with Gasteiger partial charge in [-0.15, -0.1) is 0 Å². The van der Waals surface area contributed by atoms with Crippen molar-refractivity contribution in [2.24, 2.45) is 0 Å². The summed E-state index contributed by atoms with van der Waals surface area (Å²) in [6.45, 7) is 7.85. The Hall–Kier alpha value is -7.63. The van der Waals surface area contributed by atoms with Gasteiger partial charge in [-0.1, -0.05) is 0 Å². The lowest BCUT2D eigenvalue weighted by molar-refractivity contribution is -0.159. The number of ether oxygens (including phenoxy) is 5. The SMILES string of the molecule is CC(=O)NCCCC[C@H](NC(=O)[C@H](CCCCNC(=O)c1ccc(N(C)C)c(C(F)(F)F)c1)NC(=O)CCOCCOCCOCCNC(=O)COc1ccc2c(C(=O)NCC(=O)N3CCC[C@H]3C#N)ccnc2c1)C(=O)OC(C)(C)C. The molecule has 2 heterocycles. The summed E-state index contributed by atoms with van der Waals surface area (Å²) in [5.41, 5.74) is -1.37. The number of alkyl halides is 3. The van der Waals surface area contributed by atoms with Gasteiger partial charge in [0.25, 0.3) is 17.7 Å². The highest BCUT2D eigenvalue weighted by Crippen LogP contribution is 2.36. The van der Waals surface area contributed by atoms with Crippen molar-refractivity contribution in [1.29, 1.82) is 5.26 Å². The number of nitrogens with one attached hydrogen (secondary N) is 6. The number of halogens is 3. The fourth-order valence-electron chi connectivity index (χ4n) is 8.38. The Balaban J connectivity index is 1.15. The highest BCUT2D eigenvalue weighted by atomic mass is 19.4. The summed E-state index contributed by atoms with van der Waals surface area (Å²) in [6.07, 6.45) is -0.274. The molecule has 1 aliphatic heterocycles. The van der Waals surface area contributed by atoms with Gasteiger partial charge in [0.05, 0.1) is 68.9 Å². The number of benzene rings is 2. The number of aromatic nitrogens is 1. The number of carbonyl (C=O) groups is 8. The molecule has 3 atom stereocenters. The number of rotatable bonds is 34. The van der Waals surface area contributed by atoms with E-state index in [-0.39, 0.29) is 121 Å². The molecule has 0 radical (unpaired) electrons. The molecule has 0 bridgehead atoms. The van der Waals surface area contributed by atoms with Crippen molar-refractivity contribution in [3.8, 4) is 11.8 Å². The first-order valence-corrected chi connectivity index (χ1v) is 27.2. The lowest BCUT2D eigenvalue weighted by Crippen LogP contribution is -2.52. The molecule has 0 spiro atoms.